The SMILES string of the molecule is CC(C)(C)C(=O)OCC[C@@H](CBr)OC(=O)C(C)(C)C. The number of hydrogen-bond acceptors (Lipinski definition) is 4. The summed E-state index contributed by atoms with van der Waals surface area (Å²) in [5, 5.41) is 0.530. The molecule has 0 saturated heterocycles. The molecule has 0 aliphatic carbocycles. The molecule has 0 N–H and O–H groups in total. The Kier molecular flexibility index (Phi) is 7.05. The van der Waals surface area contributed by atoms with Crippen LogP contribution in [0, 0.1) is 10.8 Å². The quantitative estimate of drug-likeness (QED) is 0.570. The molecule has 0 bridgehead atoms. The highest BCUT2D eigenvalue weighted by Gasteiger charge is 2.27. The number of carbonyl (C=O) groups is 2. The summed E-state index contributed by atoms with van der Waals surface area (Å²) in [5.74, 6) is -0.498. The fourth-order valence-electron chi connectivity index (χ4n) is 0.995. The molecule has 0 unspecified atom stereocenters. The van der Waals surface area contributed by atoms with Gasteiger partial charge in [0.05, 0.1) is 17.4 Å². The summed E-state index contributed by atoms with van der Waals surface area (Å²) in [6, 6.07) is 0. The minimum atomic E-state index is -0.525. The van der Waals surface area contributed by atoms with Crippen LogP contribution in [0.4, 0.5) is 0 Å². The summed E-state index contributed by atoms with van der Waals surface area (Å²) in [6.45, 7) is 11.1. The second-order valence-electron chi connectivity index (χ2n) is 6.61. The van der Waals surface area contributed by atoms with Crippen molar-refractivity contribution < 1.29 is 19.1 Å². The van der Waals surface area contributed by atoms with Crippen molar-refractivity contribution in [3.8, 4) is 0 Å². The van der Waals surface area contributed by atoms with E-state index < -0.39 is 10.8 Å². The summed E-state index contributed by atoms with van der Waals surface area (Å²) in [7, 11) is 0. The summed E-state index contributed by atoms with van der Waals surface area (Å²) in [4.78, 5) is 23.3. The van der Waals surface area contributed by atoms with Crippen molar-refractivity contribution >= 4 is 27.9 Å². The molecular formula is C14H25BrO4. The van der Waals surface area contributed by atoms with Crippen LogP contribution in [-0.4, -0.2) is 30.0 Å². The van der Waals surface area contributed by atoms with Crippen molar-refractivity contribution in [1.82, 2.24) is 0 Å². The highest BCUT2D eigenvalue weighted by atomic mass is 79.9. The Labute approximate surface area is 124 Å². The average Bonchev–Trinajstić information content (AvgIpc) is 2.24. The summed E-state index contributed by atoms with van der Waals surface area (Å²) in [5.41, 5.74) is -1.03. The summed E-state index contributed by atoms with van der Waals surface area (Å²) in [6.07, 6.45) is 0.217. The molecule has 0 fully saturated rings. The van der Waals surface area contributed by atoms with Crippen LogP contribution in [0.5, 0.6) is 0 Å². The molecule has 0 spiro atoms. The first kappa shape index (κ1) is 18.4. The van der Waals surface area contributed by atoms with Crippen molar-refractivity contribution in [1.29, 1.82) is 0 Å². The molecule has 0 aliphatic rings. The number of alkyl halides is 1. The fourth-order valence-corrected chi connectivity index (χ4v) is 1.45. The molecule has 0 saturated carbocycles. The van der Waals surface area contributed by atoms with E-state index in [1.807, 2.05) is 0 Å². The molecule has 0 radical (unpaired) electrons. The lowest BCUT2D eigenvalue weighted by Gasteiger charge is -2.23. The second-order valence-corrected chi connectivity index (χ2v) is 7.25. The molecule has 0 rings (SSSR count). The molecule has 4 nitrogen and oxygen atoms in total. The molecule has 0 aromatic heterocycles. The first-order valence-electron chi connectivity index (χ1n) is 6.42. The van der Waals surface area contributed by atoms with Gasteiger partial charge in [-0.25, -0.2) is 0 Å². The highest BCUT2D eigenvalue weighted by molar-refractivity contribution is 9.09. The third-order valence-corrected chi connectivity index (χ3v) is 3.07. The van der Waals surface area contributed by atoms with E-state index >= 15 is 0 Å². The van der Waals surface area contributed by atoms with Gasteiger partial charge in [0.1, 0.15) is 6.10 Å². The predicted octanol–water partition coefficient (Wildman–Crippen LogP) is 3.32. The summed E-state index contributed by atoms with van der Waals surface area (Å²) < 4.78 is 10.5. The van der Waals surface area contributed by atoms with Crippen molar-refractivity contribution in [2.24, 2.45) is 10.8 Å². The normalized spacial score (nSPS) is 13.8. The number of carbonyl (C=O) groups excluding carboxylic acids is 2. The van der Waals surface area contributed by atoms with Gasteiger partial charge in [0, 0.05) is 11.8 Å². The summed E-state index contributed by atoms with van der Waals surface area (Å²) >= 11 is 3.30. The van der Waals surface area contributed by atoms with Crippen LogP contribution in [0.2, 0.25) is 0 Å². The van der Waals surface area contributed by atoms with Gasteiger partial charge in [-0.1, -0.05) is 15.9 Å². The van der Waals surface area contributed by atoms with Gasteiger partial charge in [-0.05, 0) is 41.5 Å². The number of hydrogen-bond donors (Lipinski definition) is 0. The van der Waals surface area contributed by atoms with Gasteiger partial charge < -0.3 is 9.47 Å². The van der Waals surface area contributed by atoms with Gasteiger partial charge in [0.25, 0.3) is 0 Å². The lowest BCUT2D eigenvalue weighted by molar-refractivity contribution is -0.159. The van der Waals surface area contributed by atoms with E-state index in [0.29, 0.717) is 11.8 Å². The van der Waals surface area contributed by atoms with Crippen molar-refractivity contribution in [2.45, 2.75) is 54.1 Å². The number of esters is 2. The smallest absolute Gasteiger partial charge is 0.311 e. The van der Waals surface area contributed by atoms with Crippen LogP contribution in [-0.2, 0) is 19.1 Å². The zero-order valence-electron chi connectivity index (χ0n) is 12.7. The monoisotopic (exact) mass is 336 g/mol. The Morgan fingerprint density at radius 3 is 1.84 bits per heavy atom. The maximum atomic E-state index is 11.7. The third kappa shape index (κ3) is 7.55. The fraction of sp³-hybridized carbons (Fsp3) is 0.857. The van der Waals surface area contributed by atoms with Crippen LogP contribution in [0.1, 0.15) is 48.0 Å². The Morgan fingerprint density at radius 1 is 1.00 bits per heavy atom. The highest BCUT2D eigenvalue weighted by Crippen LogP contribution is 2.19. The Bertz CT molecular complexity index is 312. The topological polar surface area (TPSA) is 52.6 Å². The van der Waals surface area contributed by atoms with Crippen molar-refractivity contribution in [3.05, 3.63) is 0 Å². The Morgan fingerprint density at radius 2 is 1.47 bits per heavy atom. The van der Waals surface area contributed by atoms with E-state index in [-0.39, 0.29) is 24.6 Å². The van der Waals surface area contributed by atoms with Crippen molar-refractivity contribution in [2.75, 3.05) is 11.9 Å². The second kappa shape index (κ2) is 7.27. The average molecular weight is 337 g/mol. The van der Waals surface area contributed by atoms with Gasteiger partial charge >= 0.3 is 11.9 Å². The molecule has 0 aliphatic heterocycles. The minimum Gasteiger partial charge on any atom is -0.465 e. The van der Waals surface area contributed by atoms with Gasteiger partial charge in [-0.3, -0.25) is 9.59 Å². The van der Waals surface area contributed by atoms with Crippen LogP contribution in [0.3, 0.4) is 0 Å². The van der Waals surface area contributed by atoms with Crippen LogP contribution < -0.4 is 0 Å². The minimum absolute atomic E-state index is 0.247. The molecule has 0 aromatic carbocycles. The first-order chi connectivity index (χ1) is 8.48. The van der Waals surface area contributed by atoms with E-state index in [9.17, 15) is 9.59 Å². The zero-order chi connectivity index (χ0) is 15.3. The van der Waals surface area contributed by atoms with E-state index in [1.165, 1.54) is 0 Å². The number of ether oxygens (including phenoxy) is 2. The molecule has 0 aromatic rings. The molecule has 5 heteroatoms. The zero-order valence-corrected chi connectivity index (χ0v) is 14.3. The van der Waals surface area contributed by atoms with E-state index in [1.54, 1.807) is 41.5 Å². The van der Waals surface area contributed by atoms with Gasteiger partial charge in [0.15, 0.2) is 0 Å². The van der Waals surface area contributed by atoms with Crippen LogP contribution in [0.25, 0.3) is 0 Å². The maximum Gasteiger partial charge on any atom is 0.311 e. The lowest BCUT2D eigenvalue weighted by Crippen LogP contribution is -2.30. The Balaban J connectivity index is 4.16. The molecule has 19 heavy (non-hydrogen) atoms. The van der Waals surface area contributed by atoms with Crippen molar-refractivity contribution in [3.63, 3.8) is 0 Å². The molecular weight excluding hydrogens is 312 g/mol. The van der Waals surface area contributed by atoms with Crippen LogP contribution in [0.15, 0.2) is 0 Å². The number of rotatable bonds is 5. The van der Waals surface area contributed by atoms with E-state index in [4.69, 9.17) is 9.47 Å². The van der Waals surface area contributed by atoms with Gasteiger partial charge in [-0.15, -0.1) is 0 Å². The maximum absolute atomic E-state index is 11.7. The standard InChI is InChI=1S/C14H25BrO4/c1-13(2,3)11(16)18-8-7-10(9-15)19-12(17)14(4,5)6/h10H,7-9H2,1-6H3/t10-/m0/s1. The van der Waals surface area contributed by atoms with Gasteiger partial charge in [0.2, 0.25) is 0 Å². The molecule has 0 heterocycles. The molecule has 0 amide bonds. The first-order valence-corrected chi connectivity index (χ1v) is 7.55. The molecule has 112 valence electrons. The lowest BCUT2D eigenvalue weighted by atomic mass is 9.97. The van der Waals surface area contributed by atoms with E-state index in [0.717, 1.165) is 0 Å². The third-order valence-electron chi connectivity index (χ3n) is 2.34. The Hall–Kier alpha value is -0.580. The van der Waals surface area contributed by atoms with Gasteiger partial charge in [-0.2, -0.15) is 0 Å². The van der Waals surface area contributed by atoms with E-state index in [2.05, 4.69) is 15.9 Å². The largest absolute Gasteiger partial charge is 0.465 e. The number of halogens is 1. The predicted molar refractivity (Wildman–Crippen MR) is 78.2 cm³/mol. The van der Waals surface area contributed by atoms with Crippen LogP contribution >= 0.6 is 15.9 Å². The molecule has 1 atom stereocenters.